The number of fused-ring (bicyclic) bond motifs is 1. The van der Waals surface area contributed by atoms with Crippen LogP contribution in [0.1, 0.15) is 37.8 Å². The maximum absolute atomic E-state index is 12.7. The van der Waals surface area contributed by atoms with E-state index in [2.05, 4.69) is 14.9 Å². The normalized spacial score (nSPS) is 16.6. The van der Waals surface area contributed by atoms with Crippen LogP contribution >= 0.6 is 11.3 Å². The fourth-order valence-electron chi connectivity index (χ4n) is 2.85. The quantitative estimate of drug-likeness (QED) is 0.880. The van der Waals surface area contributed by atoms with Crippen LogP contribution in [0.5, 0.6) is 0 Å². The number of aromatic nitrogens is 2. The van der Waals surface area contributed by atoms with Crippen molar-refractivity contribution in [1.82, 2.24) is 10.2 Å². The van der Waals surface area contributed by atoms with Crippen LogP contribution in [0.25, 0.3) is 0 Å². The van der Waals surface area contributed by atoms with Crippen LogP contribution in [0.2, 0.25) is 0 Å². The molecule has 0 fully saturated rings. The van der Waals surface area contributed by atoms with Gasteiger partial charge in [-0.1, -0.05) is 32.1 Å². The van der Waals surface area contributed by atoms with E-state index < -0.39 is 15.4 Å². The van der Waals surface area contributed by atoms with Gasteiger partial charge in [0, 0.05) is 24.6 Å². The summed E-state index contributed by atoms with van der Waals surface area (Å²) in [6.45, 7) is 5.82. The van der Waals surface area contributed by atoms with Crippen molar-refractivity contribution in [2.45, 2.75) is 43.9 Å². The first kappa shape index (κ1) is 17.8. The van der Waals surface area contributed by atoms with Crippen molar-refractivity contribution < 1.29 is 13.2 Å². The number of rotatable bonds is 4. The van der Waals surface area contributed by atoms with E-state index in [0.29, 0.717) is 12.8 Å². The summed E-state index contributed by atoms with van der Waals surface area (Å²) in [5.74, 6) is 0.0205. The number of hydrogen-bond acceptors (Lipinski definition) is 6. The van der Waals surface area contributed by atoms with Gasteiger partial charge in [0.1, 0.15) is 5.01 Å². The van der Waals surface area contributed by atoms with Gasteiger partial charge in [-0.05, 0) is 30.2 Å². The van der Waals surface area contributed by atoms with E-state index in [9.17, 15) is 13.2 Å². The first-order valence-electron chi connectivity index (χ1n) is 7.90. The number of carbonyl (C=O) groups is 1. The standard InChI is InChI=1S/C16H20N4O3S2/c1-5-13-17-18-15(24-13)19-25(22,23)10-6-7-12-11(8-10)16(2,3)9-14(21)20(12)4/h6-8H,5,9H2,1-4H3,(H,18,19). The van der Waals surface area contributed by atoms with E-state index in [-0.39, 0.29) is 15.9 Å². The molecular weight excluding hydrogens is 360 g/mol. The molecule has 25 heavy (non-hydrogen) atoms. The third kappa shape index (κ3) is 3.25. The van der Waals surface area contributed by atoms with Crippen LogP contribution in [-0.4, -0.2) is 31.6 Å². The molecule has 1 aromatic heterocycles. The summed E-state index contributed by atoms with van der Waals surface area (Å²) in [4.78, 5) is 13.8. The van der Waals surface area contributed by atoms with E-state index in [0.717, 1.165) is 16.3 Å². The lowest BCUT2D eigenvalue weighted by atomic mass is 9.77. The first-order chi connectivity index (χ1) is 11.6. The summed E-state index contributed by atoms with van der Waals surface area (Å²) in [5, 5.41) is 8.80. The van der Waals surface area contributed by atoms with Crippen molar-refractivity contribution in [3.63, 3.8) is 0 Å². The fourth-order valence-corrected chi connectivity index (χ4v) is 4.79. The minimum absolute atomic E-state index is 0.0205. The van der Waals surface area contributed by atoms with E-state index in [4.69, 9.17) is 0 Å². The van der Waals surface area contributed by atoms with Gasteiger partial charge in [-0.3, -0.25) is 9.52 Å². The molecule has 1 aromatic carbocycles. The topological polar surface area (TPSA) is 92.3 Å². The number of carbonyl (C=O) groups excluding carboxylic acids is 1. The number of benzene rings is 1. The molecule has 0 spiro atoms. The van der Waals surface area contributed by atoms with Gasteiger partial charge in [0.05, 0.1) is 4.90 Å². The zero-order valence-corrected chi connectivity index (χ0v) is 16.2. The Kier molecular flexibility index (Phi) is 4.32. The molecule has 134 valence electrons. The second kappa shape index (κ2) is 6.06. The molecule has 0 saturated heterocycles. The number of aryl methyl sites for hydroxylation is 1. The lowest BCUT2D eigenvalue weighted by Crippen LogP contribution is -2.39. The highest BCUT2D eigenvalue weighted by Gasteiger charge is 2.36. The number of nitrogens with zero attached hydrogens (tertiary/aromatic N) is 3. The van der Waals surface area contributed by atoms with Crippen molar-refractivity contribution in [3.8, 4) is 0 Å². The van der Waals surface area contributed by atoms with Crippen LogP contribution in [0.4, 0.5) is 10.8 Å². The van der Waals surface area contributed by atoms with E-state index in [1.165, 1.54) is 17.4 Å². The monoisotopic (exact) mass is 380 g/mol. The van der Waals surface area contributed by atoms with E-state index >= 15 is 0 Å². The zero-order valence-electron chi connectivity index (χ0n) is 14.5. The molecule has 2 heterocycles. The van der Waals surface area contributed by atoms with Crippen LogP contribution < -0.4 is 9.62 Å². The van der Waals surface area contributed by atoms with Crippen LogP contribution in [0, 0.1) is 0 Å². The Hall–Kier alpha value is -2.00. The second-order valence-corrected chi connectivity index (χ2v) is 9.40. The van der Waals surface area contributed by atoms with Crippen molar-refractivity contribution >= 4 is 38.1 Å². The SMILES string of the molecule is CCc1nnc(NS(=O)(=O)c2ccc3c(c2)C(C)(C)CC(=O)N3C)s1. The number of nitrogens with one attached hydrogen (secondary N) is 1. The Balaban J connectivity index is 1.99. The maximum Gasteiger partial charge on any atom is 0.263 e. The molecule has 1 amide bonds. The van der Waals surface area contributed by atoms with Crippen molar-refractivity contribution in [1.29, 1.82) is 0 Å². The van der Waals surface area contributed by atoms with Crippen LogP contribution in [0.3, 0.4) is 0 Å². The summed E-state index contributed by atoms with van der Waals surface area (Å²) in [5.41, 5.74) is 1.15. The molecule has 0 atom stereocenters. The summed E-state index contributed by atoms with van der Waals surface area (Å²) in [6, 6.07) is 4.83. The first-order valence-corrected chi connectivity index (χ1v) is 10.2. The highest BCUT2D eigenvalue weighted by atomic mass is 32.2. The van der Waals surface area contributed by atoms with Gasteiger partial charge in [-0.15, -0.1) is 10.2 Å². The molecule has 0 bridgehead atoms. The van der Waals surface area contributed by atoms with Gasteiger partial charge in [-0.25, -0.2) is 8.42 Å². The zero-order chi connectivity index (χ0) is 18.4. The van der Waals surface area contributed by atoms with E-state index in [1.54, 1.807) is 24.1 Å². The number of hydrogen-bond donors (Lipinski definition) is 1. The van der Waals surface area contributed by atoms with Crippen molar-refractivity contribution in [2.75, 3.05) is 16.7 Å². The summed E-state index contributed by atoms with van der Waals surface area (Å²) in [7, 11) is -2.06. The molecule has 9 heteroatoms. The molecule has 0 saturated carbocycles. The van der Waals surface area contributed by atoms with E-state index in [1.807, 2.05) is 20.8 Å². The Morgan fingerprint density at radius 1 is 1.32 bits per heavy atom. The van der Waals surface area contributed by atoms with Crippen LogP contribution in [-0.2, 0) is 26.7 Å². The van der Waals surface area contributed by atoms with Gasteiger partial charge in [0.25, 0.3) is 10.0 Å². The number of amides is 1. The molecule has 1 aliphatic heterocycles. The highest BCUT2D eigenvalue weighted by molar-refractivity contribution is 7.93. The summed E-state index contributed by atoms with van der Waals surface area (Å²) in [6.07, 6.45) is 1.04. The third-order valence-electron chi connectivity index (χ3n) is 4.33. The maximum atomic E-state index is 12.7. The highest BCUT2D eigenvalue weighted by Crippen LogP contribution is 2.40. The third-order valence-corrected chi connectivity index (χ3v) is 6.78. The van der Waals surface area contributed by atoms with Crippen molar-refractivity contribution in [3.05, 3.63) is 28.8 Å². The number of sulfonamides is 1. The lowest BCUT2D eigenvalue weighted by molar-refractivity contribution is -0.119. The molecule has 2 aromatic rings. The minimum Gasteiger partial charge on any atom is -0.315 e. The molecular formula is C16H20N4O3S2. The molecule has 7 nitrogen and oxygen atoms in total. The molecule has 1 aliphatic rings. The Bertz CT molecular complexity index is 935. The fraction of sp³-hybridized carbons (Fsp3) is 0.438. The second-order valence-electron chi connectivity index (χ2n) is 6.65. The molecule has 3 rings (SSSR count). The van der Waals surface area contributed by atoms with Gasteiger partial charge < -0.3 is 4.90 Å². The number of anilines is 2. The molecule has 0 radical (unpaired) electrons. The van der Waals surface area contributed by atoms with Gasteiger partial charge >= 0.3 is 0 Å². The largest absolute Gasteiger partial charge is 0.315 e. The van der Waals surface area contributed by atoms with Gasteiger partial charge in [0.15, 0.2) is 0 Å². The molecule has 0 unspecified atom stereocenters. The van der Waals surface area contributed by atoms with Gasteiger partial charge in [-0.2, -0.15) is 0 Å². The van der Waals surface area contributed by atoms with Crippen LogP contribution in [0.15, 0.2) is 23.1 Å². The molecule has 1 N–H and O–H groups in total. The van der Waals surface area contributed by atoms with Gasteiger partial charge in [0.2, 0.25) is 11.0 Å². The Labute approximate surface area is 151 Å². The predicted molar refractivity (Wildman–Crippen MR) is 97.6 cm³/mol. The smallest absolute Gasteiger partial charge is 0.263 e. The summed E-state index contributed by atoms with van der Waals surface area (Å²) >= 11 is 1.22. The Morgan fingerprint density at radius 2 is 2.04 bits per heavy atom. The average molecular weight is 380 g/mol. The lowest BCUT2D eigenvalue weighted by Gasteiger charge is -2.37. The Morgan fingerprint density at radius 3 is 2.68 bits per heavy atom. The predicted octanol–water partition coefficient (Wildman–Crippen LogP) is 2.55. The molecule has 0 aliphatic carbocycles. The summed E-state index contributed by atoms with van der Waals surface area (Å²) < 4.78 is 27.9. The average Bonchev–Trinajstić information content (AvgIpc) is 2.99. The minimum atomic E-state index is -3.77. The van der Waals surface area contributed by atoms with Crippen molar-refractivity contribution in [2.24, 2.45) is 0 Å².